The molecule has 3 fully saturated rings. The Kier molecular flexibility index (Phi) is 5.93. The third-order valence-electron chi connectivity index (χ3n) is 6.16. The molecule has 0 unspecified atom stereocenters. The van der Waals surface area contributed by atoms with Crippen molar-refractivity contribution in [3.63, 3.8) is 0 Å². The molecule has 3 aliphatic rings. The Hall–Kier alpha value is -1.44. The lowest BCUT2D eigenvalue weighted by molar-refractivity contribution is -0.928. The number of aliphatic hydroxyl groups is 1. The highest BCUT2D eigenvalue weighted by atomic mass is 127. The van der Waals surface area contributed by atoms with Gasteiger partial charge in [-0.15, -0.1) is 0 Å². The normalized spacial score (nSPS) is 26.9. The minimum absolute atomic E-state index is 0. The van der Waals surface area contributed by atoms with E-state index in [1.165, 1.54) is 0 Å². The first-order valence-electron chi connectivity index (χ1n) is 9.39. The molecule has 0 radical (unpaired) electrons. The first-order valence-corrected chi connectivity index (χ1v) is 9.39. The molecule has 3 saturated heterocycles. The topological polar surface area (TPSA) is 46.5 Å². The molecule has 1 N–H and O–H groups in total. The Labute approximate surface area is 177 Å². The van der Waals surface area contributed by atoms with E-state index >= 15 is 0 Å². The van der Waals surface area contributed by atoms with Gasteiger partial charge in [-0.1, -0.05) is 60.7 Å². The summed E-state index contributed by atoms with van der Waals surface area (Å²) in [7, 11) is 2.23. The second kappa shape index (κ2) is 7.89. The monoisotopic (exact) mass is 479 g/mol. The van der Waals surface area contributed by atoms with E-state index in [9.17, 15) is 9.90 Å². The number of fused-ring (bicyclic) bond motifs is 3. The highest BCUT2D eigenvalue weighted by Crippen LogP contribution is 2.37. The zero-order chi connectivity index (χ0) is 18.2. The number of hydrogen-bond acceptors (Lipinski definition) is 3. The Morgan fingerprint density at radius 2 is 1.48 bits per heavy atom. The van der Waals surface area contributed by atoms with Crippen LogP contribution < -0.4 is 24.0 Å². The summed E-state index contributed by atoms with van der Waals surface area (Å²) in [5.41, 5.74) is -0.705. The van der Waals surface area contributed by atoms with Crippen LogP contribution in [0.3, 0.4) is 0 Å². The minimum atomic E-state index is -1.78. The molecule has 2 aromatic carbocycles. The molecule has 2 bridgehead atoms. The number of ether oxygens (including phenoxy) is 1. The third kappa shape index (κ3) is 3.77. The van der Waals surface area contributed by atoms with Crippen molar-refractivity contribution in [3.8, 4) is 0 Å². The quantitative estimate of drug-likeness (QED) is 0.373. The molecular weight excluding hydrogens is 453 g/mol. The standard InChI is InChI=1S/C22H26NO3.HI/c1-23-14-12-17(13-15-23)20(16-23)26-21(24)22(25,18-8-4-2-5-9-18)19-10-6-3-7-11-19;/h2-11,17,20,25H,12-16H2,1H3;1H/q+1;/p-1/t17?,20-,23?;/m0./s1. The maximum atomic E-state index is 13.2. The van der Waals surface area contributed by atoms with Gasteiger partial charge in [-0.25, -0.2) is 4.79 Å². The predicted octanol–water partition coefficient (Wildman–Crippen LogP) is -0.291. The predicted molar refractivity (Wildman–Crippen MR) is 99.3 cm³/mol. The fourth-order valence-electron chi connectivity index (χ4n) is 4.47. The van der Waals surface area contributed by atoms with Crippen molar-refractivity contribution in [3.05, 3.63) is 71.8 Å². The summed E-state index contributed by atoms with van der Waals surface area (Å²) >= 11 is 0. The number of hydrogen-bond donors (Lipinski definition) is 1. The molecule has 5 heteroatoms. The van der Waals surface area contributed by atoms with E-state index in [1.807, 2.05) is 36.4 Å². The van der Waals surface area contributed by atoms with Crippen molar-refractivity contribution < 1.29 is 43.1 Å². The molecule has 3 aliphatic heterocycles. The number of rotatable bonds is 4. The van der Waals surface area contributed by atoms with Crippen molar-refractivity contribution in [2.24, 2.45) is 5.92 Å². The van der Waals surface area contributed by atoms with Crippen molar-refractivity contribution in [1.29, 1.82) is 0 Å². The van der Waals surface area contributed by atoms with Crippen LogP contribution in [0.5, 0.6) is 0 Å². The highest BCUT2D eigenvalue weighted by molar-refractivity contribution is 5.85. The lowest BCUT2D eigenvalue weighted by Gasteiger charge is -2.50. The van der Waals surface area contributed by atoms with Crippen LogP contribution in [0.2, 0.25) is 0 Å². The number of quaternary nitrogens is 1. The van der Waals surface area contributed by atoms with Crippen LogP contribution in [0, 0.1) is 5.92 Å². The maximum absolute atomic E-state index is 13.2. The molecule has 5 rings (SSSR count). The van der Waals surface area contributed by atoms with Gasteiger partial charge in [-0.05, 0) is 11.1 Å². The summed E-state index contributed by atoms with van der Waals surface area (Å²) in [6.07, 6.45) is 2.06. The Morgan fingerprint density at radius 3 is 1.93 bits per heavy atom. The molecule has 0 aromatic heterocycles. The third-order valence-corrected chi connectivity index (χ3v) is 6.16. The molecule has 0 aliphatic carbocycles. The van der Waals surface area contributed by atoms with Gasteiger partial charge in [0.1, 0.15) is 6.54 Å². The summed E-state index contributed by atoms with van der Waals surface area (Å²) in [6, 6.07) is 18.2. The summed E-state index contributed by atoms with van der Waals surface area (Å²) in [6.45, 7) is 3.15. The number of esters is 1. The number of nitrogens with zero attached hydrogens (tertiary/aromatic N) is 1. The van der Waals surface area contributed by atoms with Crippen LogP contribution in [0.1, 0.15) is 24.0 Å². The second-order valence-electron chi connectivity index (χ2n) is 7.97. The SMILES string of the molecule is C[N+]12CCC(CC1)[C@@H](OC(=O)C(O)(c1ccccc1)c1ccccc1)C2.[I-]. The van der Waals surface area contributed by atoms with Gasteiger partial charge >= 0.3 is 5.97 Å². The lowest BCUT2D eigenvalue weighted by atomic mass is 9.83. The van der Waals surface area contributed by atoms with E-state index in [0.717, 1.165) is 37.0 Å². The zero-order valence-corrected chi connectivity index (χ0v) is 17.7. The van der Waals surface area contributed by atoms with Gasteiger partial charge in [-0.3, -0.25) is 0 Å². The Bertz CT molecular complexity index is 733. The molecule has 3 heterocycles. The highest BCUT2D eigenvalue weighted by Gasteiger charge is 2.49. The first-order chi connectivity index (χ1) is 12.5. The number of benzene rings is 2. The van der Waals surface area contributed by atoms with E-state index < -0.39 is 11.6 Å². The summed E-state index contributed by atoms with van der Waals surface area (Å²) < 4.78 is 6.92. The lowest BCUT2D eigenvalue weighted by Crippen LogP contribution is -3.00. The van der Waals surface area contributed by atoms with Crippen molar-refractivity contribution in [2.75, 3.05) is 26.7 Å². The Morgan fingerprint density at radius 1 is 1.00 bits per heavy atom. The Balaban J connectivity index is 0.00000210. The van der Waals surface area contributed by atoms with Gasteiger partial charge in [0.05, 0.1) is 20.1 Å². The molecule has 4 nitrogen and oxygen atoms in total. The molecule has 0 spiro atoms. The number of piperidine rings is 3. The van der Waals surface area contributed by atoms with Gasteiger partial charge in [0, 0.05) is 18.8 Å². The van der Waals surface area contributed by atoms with Gasteiger partial charge in [0.25, 0.3) is 0 Å². The maximum Gasteiger partial charge on any atom is 0.348 e. The van der Waals surface area contributed by atoms with Crippen molar-refractivity contribution >= 4 is 5.97 Å². The fraction of sp³-hybridized carbons (Fsp3) is 0.409. The average molecular weight is 479 g/mol. The largest absolute Gasteiger partial charge is 1.00 e. The van der Waals surface area contributed by atoms with Crippen LogP contribution in [0.4, 0.5) is 0 Å². The number of carbonyl (C=O) groups excluding carboxylic acids is 1. The molecule has 144 valence electrons. The molecule has 2 aromatic rings. The van der Waals surface area contributed by atoms with Gasteiger partial charge in [0.2, 0.25) is 5.60 Å². The van der Waals surface area contributed by atoms with Gasteiger partial charge in [-0.2, -0.15) is 0 Å². The number of carbonyl (C=O) groups is 1. The van der Waals surface area contributed by atoms with E-state index in [4.69, 9.17) is 4.74 Å². The average Bonchev–Trinajstić information content (AvgIpc) is 2.69. The van der Waals surface area contributed by atoms with Crippen LogP contribution >= 0.6 is 0 Å². The van der Waals surface area contributed by atoms with E-state index in [0.29, 0.717) is 17.0 Å². The first kappa shape index (κ1) is 20.3. The number of likely N-dealkylation sites (N-methyl/N-ethyl adjacent to an activating group) is 1. The molecule has 0 saturated carbocycles. The van der Waals surface area contributed by atoms with Crippen molar-refractivity contribution in [2.45, 2.75) is 24.5 Å². The summed E-state index contributed by atoms with van der Waals surface area (Å²) in [5.74, 6) is -0.157. The van der Waals surface area contributed by atoms with E-state index in [1.54, 1.807) is 24.3 Å². The fourth-order valence-corrected chi connectivity index (χ4v) is 4.47. The van der Waals surface area contributed by atoms with Gasteiger partial charge in [0.15, 0.2) is 6.10 Å². The van der Waals surface area contributed by atoms with Crippen molar-refractivity contribution in [1.82, 2.24) is 0 Å². The molecule has 1 atom stereocenters. The molecule has 0 amide bonds. The molecule has 27 heavy (non-hydrogen) atoms. The van der Waals surface area contributed by atoms with E-state index in [-0.39, 0.29) is 30.1 Å². The molecular formula is C22H26INO3. The summed E-state index contributed by atoms with van der Waals surface area (Å²) in [4.78, 5) is 13.2. The second-order valence-corrected chi connectivity index (χ2v) is 7.97. The van der Waals surface area contributed by atoms with Crippen LogP contribution in [-0.2, 0) is 15.1 Å². The van der Waals surface area contributed by atoms with Gasteiger partial charge < -0.3 is 38.3 Å². The number of halogens is 1. The van der Waals surface area contributed by atoms with Crippen LogP contribution in [-0.4, -0.2) is 48.3 Å². The smallest absolute Gasteiger partial charge is 0.348 e. The van der Waals surface area contributed by atoms with Crippen LogP contribution in [0.25, 0.3) is 0 Å². The van der Waals surface area contributed by atoms with E-state index in [2.05, 4.69) is 7.05 Å². The zero-order valence-electron chi connectivity index (χ0n) is 15.6. The summed E-state index contributed by atoms with van der Waals surface area (Å²) in [5, 5.41) is 11.5. The minimum Gasteiger partial charge on any atom is -1.00 e. The van der Waals surface area contributed by atoms with Crippen LogP contribution in [0.15, 0.2) is 60.7 Å².